The van der Waals surface area contributed by atoms with Crippen LogP contribution in [0.2, 0.25) is 0 Å². The van der Waals surface area contributed by atoms with Crippen molar-refractivity contribution in [1.82, 2.24) is 15.4 Å². The first-order valence-electron chi connectivity index (χ1n) is 7.50. The Labute approximate surface area is 123 Å². The minimum atomic E-state index is -0.0914. The third kappa shape index (κ3) is 2.32. The van der Waals surface area contributed by atoms with Crippen molar-refractivity contribution in [3.05, 3.63) is 17.5 Å². The number of hydrogen-bond donors (Lipinski definition) is 1. The molecule has 1 spiro atoms. The summed E-state index contributed by atoms with van der Waals surface area (Å²) in [6.07, 6.45) is 3.90. The number of aryl methyl sites for hydroxylation is 1. The van der Waals surface area contributed by atoms with E-state index in [2.05, 4.69) is 10.5 Å². The molecule has 1 saturated carbocycles. The van der Waals surface area contributed by atoms with Crippen molar-refractivity contribution in [2.75, 3.05) is 20.1 Å². The number of carbonyl (C=O) groups is 2. The lowest BCUT2D eigenvalue weighted by Gasteiger charge is -2.30. The Hall–Kier alpha value is -1.85. The van der Waals surface area contributed by atoms with E-state index in [9.17, 15) is 9.59 Å². The Morgan fingerprint density at radius 2 is 2.29 bits per heavy atom. The molecule has 1 aromatic heterocycles. The molecule has 6 nitrogen and oxygen atoms in total. The van der Waals surface area contributed by atoms with Gasteiger partial charge in [0.25, 0.3) is 5.91 Å². The first-order valence-corrected chi connectivity index (χ1v) is 7.50. The van der Waals surface area contributed by atoms with Gasteiger partial charge in [-0.2, -0.15) is 0 Å². The number of amides is 2. The lowest BCUT2D eigenvalue weighted by molar-refractivity contribution is -0.127. The van der Waals surface area contributed by atoms with Crippen molar-refractivity contribution in [2.24, 2.45) is 11.3 Å². The Morgan fingerprint density at radius 1 is 1.48 bits per heavy atom. The van der Waals surface area contributed by atoms with Crippen molar-refractivity contribution < 1.29 is 14.1 Å². The second-order valence-corrected chi connectivity index (χ2v) is 6.22. The molecule has 0 aromatic carbocycles. The minimum absolute atomic E-state index is 0.0272. The number of nitrogens with one attached hydrogen (secondary N) is 1. The standard InChI is InChI=1S/C15H21N3O3/c1-10-8-12(17-21-10)14(20)18-7-6-15(9-18)5-3-4-11(15)13(19)16-2/h8,11H,3-7,9H2,1-2H3,(H,16,19)/t11-,15+/m1/s1. The van der Waals surface area contributed by atoms with E-state index in [1.54, 1.807) is 20.0 Å². The average molecular weight is 291 g/mol. The molecule has 1 saturated heterocycles. The third-order valence-electron chi connectivity index (χ3n) is 4.99. The number of nitrogens with zero attached hydrogens (tertiary/aromatic N) is 2. The summed E-state index contributed by atoms with van der Waals surface area (Å²) in [6.45, 7) is 3.11. The highest BCUT2D eigenvalue weighted by molar-refractivity contribution is 5.92. The molecule has 1 N–H and O–H groups in total. The van der Waals surface area contributed by atoms with Gasteiger partial charge in [0.05, 0.1) is 0 Å². The normalized spacial score (nSPS) is 28.3. The topological polar surface area (TPSA) is 75.4 Å². The van der Waals surface area contributed by atoms with Gasteiger partial charge >= 0.3 is 0 Å². The first kappa shape index (κ1) is 14.1. The molecule has 0 radical (unpaired) electrons. The highest BCUT2D eigenvalue weighted by atomic mass is 16.5. The van der Waals surface area contributed by atoms with Crippen LogP contribution in [0.25, 0.3) is 0 Å². The summed E-state index contributed by atoms with van der Waals surface area (Å²) in [5, 5.41) is 6.57. The van der Waals surface area contributed by atoms with E-state index >= 15 is 0 Å². The molecule has 2 aliphatic rings. The maximum Gasteiger partial charge on any atom is 0.276 e. The lowest BCUT2D eigenvalue weighted by Crippen LogP contribution is -2.40. The summed E-state index contributed by atoms with van der Waals surface area (Å²) in [4.78, 5) is 26.4. The number of rotatable bonds is 2. The predicted molar refractivity (Wildman–Crippen MR) is 75.6 cm³/mol. The monoisotopic (exact) mass is 291 g/mol. The van der Waals surface area contributed by atoms with Crippen molar-refractivity contribution in [3.8, 4) is 0 Å². The van der Waals surface area contributed by atoms with Gasteiger partial charge in [0.1, 0.15) is 5.76 Å². The summed E-state index contributed by atoms with van der Waals surface area (Å²) in [6, 6.07) is 1.66. The summed E-state index contributed by atoms with van der Waals surface area (Å²) in [7, 11) is 1.68. The van der Waals surface area contributed by atoms with Crippen molar-refractivity contribution in [3.63, 3.8) is 0 Å². The first-order chi connectivity index (χ1) is 10.1. The molecule has 2 fully saturated rings. The molecule has 1 aromatic rings. The molecule has 3 rings (SSSR count). The zero-order chi connectivity index (χ0) is 15.0. The van der Waals surface area contributed by atoms with Crippen molar-refractivity contribution >= 4 is 11.8 Å². The van der Waals surface area contributed by atoms with Crippen LogP contribution >= 0.6 is 0 Å². The number of hydrogen-bond acceptors (Lipinski definition) is 4. The molecule has 1 aliphatic heterocycles. The summed E-state index contributed by atoms with van der Waals surface area (Å²) >= 11 is 0. The predicted octanol–water partition coefficient (Wildman–Crippen LogP) is 1.36. The van der Waals surface area contributed by atoms with Gasteiger partial charge in [-0.25, -0.2) is 0 Å². The van der Waals surface area contributed by atoms with Crippen LogP contribution in [0.5, 0.6) is 0 Å². The van der Waals surface area contributed by atoms with E-state index in [4.69, 9.17) is 4.52 Å². The average Bonchev–Trinajstić information content (AvgIpc) is 3.19. The van der Waals surface area contributed by atoms with E-state index in [1.165, 1.54) is 0 Å². The number of likely N-dealkylation sites (tertiary alicyclic amines) is 1. The highest BCUT2D eigenvalue weighted by Crippen LogP contribution is 2.49. The van der Waals surface area contributed by atoms with Crippen LogP contribution in [0.1, 0.15) is 41.9 Å². The van der Waals surface area contributed by atoms with Gasteiger partial charge in [0.15, 0.2) is 5.69 Å². The molecule has 0 bridgehead atoms. The van der Waals surface area contributed by atoms with Crippen LogP contribution in [0.4, 0.5) is 0 Å². The fraction of sp³-hybridized carbons (Fsp3) is 0.667. The lowest BCUT2D eigenvalue weighted by atomic mass is 9.76. The molecule has 2 atom stereocenters. The summed E-state index contributed by atoms with van der Waals surface area (Å²) in [5.74, 6) is 0.682. The van der Waals surface area contributed by atoms with Crippen LogP contribution in [0.3, 0.4) is 0 Å². The molecular formula is C15H21N3O3. The van der Waals surface area contributed by atoms with E-state index in [1.807, 2.05) is 4.90 Å². The molecule has 2 heterocycles. The number of carbonyl (C=O) groups excluding carboxylic acids is 2. The van der Waals surface area contributed by atoms with Gasteiger partial charge in [-0.05, 0) is 26.2 Å². The Morgan fingerprint density at radius 3 is 2.95 bits per heavy atom. The van der Waals surface area contributed by atoms with Gasteiger partial charge in [0, 0.05) is 37.5 Å². The van der Waals surface area contributed by atoms with Crippen LogP contribution in [0, 0.1) is 18.3 Å². The van der Waals surface area contributed by atoms with E-state index in [0.717, 1.165) is 25.7 Å². The largest absolute Gasteiger partial charge is 0.361 e. The van der Waals surface area contributed by atoms with Gasteiger partial charge in [0.2, 0.25) is 5.91 Å². The molecular weight excluding hydrogens is 270 g/mol. The fourth-order valence-electron chi connectivity index (χ4n) is 3.91. The molecule has 2 amide bonds. The van der Waals surface area contributed by atoms with Crippen molar-refractivity contribution in [1.29, 1.82) is 0 Å². The van der Waals surface area contributed by atoms with Crippen LogP contribution in [-0.4, -0.2) is 42.0 Å². The molecule has 114 valence electrons. The van der Waals surface area contributed by atoms with Gasteiger partial charge in [-0.1, -0.05) is 11.6 Å². The fourth-order valence-corrected chi connectivity index (χ4v) is 3.91. The quantitative estimate of drug-likeness (QED) is 0.892. The second-order valence-electron chi connectivity index (χ2n) is 6.22. The second kappa shape index (κ2) is 5.16. The maximum absolute atomic E-state index is 12.4. The third-order valence-corrected chi connectivity index (χ3v) is 4.99. The zero-order valence-corrected chi connectivity index (χ0v) is 12.5. The SMILES string of the molecule is CNC(=O)[C@H]1CCC[C@@]12CCN(C(=O)c1cc(C)on1)C2. The Balaban J connectivity index is 1.75. The van der Waals surface area contributed by atoms with Crippen LogP contribution in [0.15, 0.2) is 10.6 Å². The van der Waals surface area contributed by atoms with Gasteiger partial charge in [-0.3, -0.25) is 9.59 Å². The Kier molecular flexibility index (Phi) is 3.47. The van der Waals surface area contributed by atoms with Crippen LogP contribution in [-0.2, 0) is 4.79 Å². The van der Waals surface area contributed by atoms with Crippen LogP contribution < -0.4 is 5.32 Å². The van der Waals surface area contributed by atoms with E-state index in [-0.39, 0.29) is 23.1 Å². The smallest absolute Gasteiger partial charge is 0.276 e. The molecule has 0 unspecified atom stereocenters. The van der Waals surface area contributed by atoms with E-state index in [0.29, 0.717) is 24.5 Å². The molecule has 21 heavy (non-hydrogen) atoms. The number of aromatic nitrogens is 1. The molecule has 1 aliphatic carbocycles. The van der Waals surface area contributed by atoms with E-state index < -0.39 is 0 Å². The van der Waals surface area contributed by atoms with Gasteiger partial charge in [-0.15, -0.1) is 0 Å². The maximum atomic E-state index is 12.4. The molecule has 6 heteroatoms. The Bertz CT molecular complexity index is 568. The highest BCUT2D eigenvalue weighted by Gasteiger charge is 2.51. The zero-order valence-electron chi connectivity index (χ0n) is 12.5. The minimum Gasteiger partial charge on any atom is -0.361 e. The van der Waals surface area contributed by atoms with Gasteiger partial charge < -0.3 is 14.7 Å². The van der Waals surface area contributed by atoms with Crippen molar-refractivity contribution in [2.45, 2.75) is 32.6 Å². The summed E-state index contributed by atoms with van der Waals surface area (Å²) < 4.78 is 4.98. The summed E-state index contributed by atoms with van der Waals surface area (Å²) in [5.41, 5.74) is 0.313.